The summed E-state index contributed by atoms with van der Waals surface area (Å²) in [4.78, 5) is 40.1. The summed E-state index contributed by atoms with van der Waals surface area (Å²) < 4.78 is 90.7. The van der Waals surface area contributed by atoms with E-state index in [1.807, 2.05) is 55.5 Å². The average Bonchev–Trinajstić information content (AvgIpc) is 1.63. The van der Waals surface area contributed by atoms with Crippen molar-refractivity contribution in [2.45, 2.75) is 154 Å². The number of carbonyl (C=O) groups is 1. The number of nitrogens with zero attached hydrogens (tertiary/aromatic N) is 13. The fourth-order valence-corrected chi connectivity index (χ4v) is 16.9. The van der Waals surface area contributed by atoms with Crippen LogP contribution >= 0.6 is 0 Å². The molecule has 0 unspecified atom stereocenters. The molecule has 3 fully saturated rings. The number of rotatable bonds is 10. The SMILES string of the molecule is CC1=NN(C)c2cc3cnc(NS(=O)(=O)c4ccc(N)cc4)nc3n2C12CCCCC2.CC[C@H]1NC(=O)C2(CCCCC2)n2c1cc1cnc(NS(=O)(=O)c3ccc(N)cc3)nc12.CN1N=CC2(CCCCC2)n2c1cc1cnc(NS(=O)(=O)c3ccc(N)cc3)nc12. The minimum Gasteiger partial charge on any atom is -0.399 e. The van der Waals surface area contributed by atoms with Gasteiger partial charge >= 0.3 is 0 Å². The Kier molecular flexibility index (Phi) is 16.0. The molecule has 1 atom stereocenters. The van der Waals surface area contributed by atoms with Crippen molar-refractivity contribution in [3.63, 3.8) is 0 Å². The third kappa shape index (κ3) is 11.4. The number of carbonyl (C=O) groups excluding carboxylic acids is 1. The molecule has 3 aromatic carbocycles. The van der Waals surface area contributed by atoms with E-state index in [0.29, 0.717) is 34.0 Å². The van der Waals surface area contributed by atoms with Crippen LogP contribution in [0, 0.1) is 0 Å². The number of nitrogen functional groups attached to an aromatic ring is 3. The number of amides is 1. The fourth-order valence-electron chi connectivity index (χ4n) is 14.1. The highest BCUT2D eigenvalue weighted by atomic mass is 32.2. The smallest absolute Gasteiger partial charge is 0.264 e. The molecule has 6 aliphatic rings. The summed E-state index contributed by atoms with van der Waals surface area (Å²) in [5.41, 5.74) is 21.4. The van der Waals surface area contributed by atoms with E-state index in [1.54, 1.807) is 42.9 Å². The van der Waals surface area contributed by atoms with Crippen LogP contribution in [0.2, 0.25) is 0 Å². The predicted octanol–water partition coefficient (Wildman–Crippen LogP) is 9.26. The highest BCUT2D eigenvalue weighted by molar-refractivity contribution is 7.93. The van der Waals surface area contributed by atoms with E-state index in [9.17, 15) is 30.0 Å². The first-order valence-corrected chi connectivity index (χ1v) is 35.7. The molecule has 10 N–H and O–H groups in total. The Morgan fingerprint density at radius 2 is 0.903 bits per heavy atom. The molecule has 3 aliphatic carbocycles. The number of aromatic nitrogens is 9. The Hall–Kier alpha value is -9.42. The molecule has 0 bridgehead atoms. The molecule has 0 radical (unpaired) electrons. The third-order valence-electron chi connectivity index (χ3n) is 18.8. The van der Waals surface area contributed by atoms with E-state index in [1.165, 1.54) is 61.4 Å². The van der Waals surface area contributed by atoms with Gasteiger partial charge in [-0.3, -0.25) is 23.9 Å². The molecule has 27 nitrogen and oxygen atoms in total. The predicted molar refractivity (Wildman–Crippen MR) is 360 cm³/mol. The lowest BCUT2D eigenvalue weighted by Crippen LogP contribution is -2.55. The summed E-state index contributed by atoms with van der Waals surface area (Å²) in [5.74, 6) is 1.95. The highest BCUT2D eigenvalue weighted by Crippen LogP contribution is 2.47. The molecular formula is C63H74N20O7S3. The van der Waals surface area contributed by atoms with Gasteiger partial charge in [-0.2, -0.15) is 25.2 Å². The standard InChI is InChI=1S/C22H26N6O3S.C21H25N7O2S.C20H23N7O2S/c1-2-17-18-12-14-13-24-21(27-32(30,31)16-8-6-15(23)7-9-16)26-19(14)28(18)22(20(29)25-17)10-4-3-5-11-22;1-14-21(10-4-3-5-11-21)28-18(27(2)25-14)12-15-13-23-20(24-19(15)28)26-31(29,30)17-8-6-16(22)7-9-17;1-26-17-11-14-12-22-19(25-30(28,29)16-7-5-15(21)6-8-16)24-18(14)27(17)20(13-23-26)9-3-2-4-10-20/h6-9,12-13,17H,2-5,10-11,23H2,1H3,(H,25,29)(H,24,26,27);6-9,12-13H,3-5,10-11,22H2,1-2H3,(H,23,24,26);5-8,11-13H,2-4,9-10,21H2,1H3,(H,22,24,25)/t17-;;/m1../s1. The van der Waals surface area contributed by atoms with E-state index in [2.05, 4.69) is 75.1 Å². The molecule has 1 amide bonds. The molecule has 3 aliphatic heterocycles. The largest absolute Gasteiger partial charge is 0.399 e. The number of sulfonamides is 3. The Bertz CT molecular complexity index is 4780. The second-order valence-electron chi connectivity index (χ2n) is 24.8. The normalized spacial score (nSPS) is 18.8. The molecule has 30 heteroatoms. The number of benzene rings is 3. The van der Waals surface area contributed by atoms with Gasteiger partial charge in [-0.1, -0.05) is 64.7 Å². The van der Waals surface area contributed by atoms with Gasteiger partial charge in [-0.05, 0) is 143 Å². The molecule has 486 valence electrons. The van der Waals surface area contributed by atoms with Crippen LogP contribution in [0.3, 0.4) is 0 Å². The molecule has 0 saturated heterocycles. The third-order valence-corrected chi connectivity index (χ3v) is 22.9. The quantitative estimate of drug-likeness (QED) is 0.0627. The molecular weight excluding hydrogens is 1250 g/mol. The van der Waals surface area contributed by atoms with E-state index in [0.717, 1.165) is 129 Å². The van der Waals surface area contributed by atoms with Crippen molar-refractivity contribution in [1.29, 1.82) is 0 Å². The Balaban J connectivity index is 0.000000127. The van der Waals surface area contributed by atoms with Crippen molar-refractivity contribution in [2.24, 2.45) is 10.2 Å². The van der Waals surface area contributed by atoms with Crippen molar-refractivity contribution < 1.29 is 30.0 Å². The van der Waals surface area contributed by atoms with Gasteiger partial charge in [0.2, 0.25) is 23.8 Å². The summed E-state index contributed by atoms with van der Waals surface area (Å²) in [5, 5.41) is 18.7. The monoisotopic (exact) mass is 1320 g/mol. The van der Waals surface area contributed by atoms with Gasteiger partial charge in [0, 0.05) is 71.6 Å². The van der Waals surface area contributed by atoms with E-state index in [-0.39, 0.29) is 55.6 Å². The molecule has 3 spiro atoms. The van der Waals surface area contributed by atoms with E-state index < -0.39 is 35.6 Å². The Labute approximate surface area is 538 Å². The fraction of sp³-hybridized carbons (Fsp3) is 0.381. The summed E-state index contributed by atoms with van der Waals surface area (Å²) in [6.45, 7) is 4.10. The maximum absolute atomic E-state index is 13.3. The first-order valence-electron chi connectivity index (χ1n) is 31.2. The zero-order chi connectivity index (χ0) is 65.2. The van der Waals surface area contributed by atoms with Gasteiger partial charge in [0.15, 0.2) is 0 Å². The zero-order valence-electron chi connectivity index (χ0n) is 52.0. The van der Waals surface area contributed by atoms with Crippen LogP contribution in [0.4, 0.5) is 46.5 Å². The van der Waals surface area contributed by atoms with Crippen LogP contribution in [0.5, 0.6) is 0 Å². The summed E-state index contributed by atoms with van der Waals surface area (Å²) in [6.07, 6.45) is 23.0. The van der Waals surface area contributed by atoms with Crippen LogP contribution in [-0.4, -0.2) is 101 Å². The number of hydrogen-bond donors (Lipinski definition) is 7. The summed E-state index contributed by atoms with van der Waals surface area (Å²) in [7, 11) is -7.72. The Morgan fingerprint density at radius 3 is 1.34 bits per heavy atom. The molecule has 9 heterocycles. The molecule has 6 aromatic heterocycles. The number of hydrogen-bond acceptors (Lipinski definition) is 20. The lowest BCUT2D eigenvalue weighted by molar-refractivity contribution is -0.134. The maximum Gasteiger partial charge on any atom is 0.264 e. The van der Waals surface area contributed by atoms with Crippen molar-refractivity contribution in [1.82, 2.24) is 48.9 Å². The van der Waals surface area contributed by atoms with Gasteiger partial charge in [0.25, 0.3) is 30.1 Å². The minimum absolute atomic E-state index is 0.0247. The lowest BCUT2D eigenvalue weighted by Gasteiger charge is -2.44. The van der Waals surface area contributed by atoms with Gasteiger partial charge in [0.1, 0.15) is 34.1 Å². The van der Waals surface area contributed by atoms with Gasteiger partial charge < -0.3 is 27.1 Å². The molecule has 3 saturated carbocycles. The van der Waals surface area contributed by atoms with Gasteiger partial charge in [0.05, 0.1) is 43.7 Å². The van der Waals surface area contributed by atoms with Crippen LogP contribution in [0.1, 0.15) is 128 Å². The van der Waals surface area contributed by atoms with Gasteiger partial charge in [-0.25, -0.2) is 54.4 Å². The van der Waals surface area contributed by atoms with Crippen LogP contribution in [0.15, 0.2) is 134 Å². The van der Waals surface area contributed by atoms with Crippen molar-refractivity contribution in [3.8, 4) is 0 Å². The zero-order valence-corrected chi connectivity index (χ0v) is 54.4. The van der Waals surface area contributed by atoms with Gasteiger partial charge in [-0.15, -0.1) is 0 Å². The summed E-state index contributed by atoms with van der Waals surface area (Å²) in [6, 6.07) is 23.9. The highest BCUT2D eigenvalue weighted by Gasteiger charge is 2.49. The number of hydrazone groups is 2. The maximum atomic E-state index is 13.3. The van der Waals surface area contributed by atoms with E-state index in [4.69, 9.17) is 22.3 Å². The lowest BCUT2D eigenvalue weighted by atomic mass is 9.78. The number of fused-ring (bicyclic) bond motifs is 12. The second kappa shape index (κ2) is 23.9. The van der Waals surface area contributed by atoms with Crippen LogP contribution in [0.25, 0.3) is 33.1 Å². The van der Waals surface area contributed by atoms with Crippen LogP contribution < -0.4 is 46.7 Å². The molecule has 9 aromatic rings. The average molecular weight is 1320 g/mol. The van der Waals surface area contributed by atoms with E-state index >= 15 is 0 Å². The first kappa shape index (κ1) is 62.4. The number of nitrogens with one attached hydrogen (secondary N) is 4. The molecule has 93 heavy (non-hydrogen) atoms. The van der Waals surface area contributed by atoms with Crippen LogP contribution in [-0.2, 0) is 51.5 Å². The first-order chi connectivity index (χ1) is 44.5. The van der Waals surface area contributed by atoms with Crippen molar-refractivity contribution in [2.75, 3.05) is 55.5 Å². The minimum atomic E-state index is -3.88. The second-order valence-corrected chi connectivity index (χ2v) is 29.8. The van der Waals surface area contributed by atoms with Crippen molar-refractivity contribution >= 4 is 128 Å². The van der Waals surface area contributed by atoms with Crippen molar-refractivity contribution in [3.05, 3.63) is 115 Å². The Morgan fingerprint density at radius 1 is 0.516 bits per heavy atom. The topological polar surface area (TPSA) is 369 Å². The number of anilines is 8. The summed E-state index contributed by atoms with van der Waals surface area (Å²) >= 11 is 0. The molecule has 15 rings (SSSR count). The number of nitrogens with two attached hydrogens (primary N) is 3.